The van der Waals surface area contributed by atoms with Crippen LogP contribution in [0.3, 0.4) is 0 Å². The predicted molar refractivity (Wildman–Crippen MR) is 78.2 cm³/mol. The summed E-state index contributed by atoms with van der Waals surface area (Å²) in [6.45, 7) is 4.59. The quantitative estimate of drug-likeness (QED) is 0.740. The molecule has 3 heteroatoms. The molecule has 3 aliphatic rings. The minimum absolute atomic E-state index is 0.491. The minimum atomic E-state index is 0.491. The summed E-state index contributed by atoms with van der Waals surface area (Å²) >= 11 is 3.78. The monoisotopic (exact) mass is 315 g/mol. The van der Waals surface area contributed by atoms with Gasteiger partial charge in [0.25, 0.3) is 0 Å². The number of alkyl halides is 1. The second kappa shape index (κ2) is 5.80. The van der Waals surface area contributed by atoms with Crippen LogP contribution in [0.1, 0.15) is 44.9 Å². The molecule has 3 rings (SSSR count). The van der Waals surface area contributed by atoms with E-state index < -0.39 is 0 Å². The van der Waals surface area contributed by atoms with Gasteiger partial charge in [0.1, 0.15) is 0 Å². The van der Waals surface area contributed by atoms with Crippen molar-refractivity contribution in [3.8, 4) is 0 Å². The van der Waals surface area contributed by atoms with Crippen molar-refractivity contribution in [2.24, 2.45) is 11.3 Å². The number of halogens is 1. The minimum Gasteiger partial charge on any atom is -0.381 e. The highest BCUT2D eigenvalue weighted by atomic mass is 79.9. The van der Waals surface area contributed by atoms with E-state index in [0.29, 0.717) is 5.41 Å². The smallest absolute Gasteiger partial charge is 0.0472 e. The van der Waals surface area contributed by atoms with E-state index in [1.807, 2.05) is 0 Å². The number of ether oxygens (including phenoxy) is 1. The standard InChI is InChI=1S/C15H26BrNO/c16-11-15(6-9-18-10-7-15)12-17-8-5-13-3-1-2-4-14(13)17/h13-14H,1-12H2. The Morgan fingerprint density at radius 1 is 1.11 bits per heavy atom. The van der Waals surface area contributed by atoms with Crippen LogP contribution in [0.4, 0.5) is 0 Å². The van der Waals surface area contributed by atoms with Crippen LogP contribution in [0, 0.1) is 11.3 Å². The average molecular weight is 316 g/mol. The number of likely N-dealkylation sites (tertiary alicyclic amines) is 1. The molecule has 3 fully saturated rings. The maximum atomic E-state index is 5.56. The van der Waals surface area contributed by atoms with E-state index in [-0.39, 0.29) is 0 Å². The summed E-state index contributed by atoms with van der Waals surface area (Å²) < 4.78 is 5.56. The van der Waals surface area contributed by atoms with Crippen molar-refractivity contribution < 1.29 is 4.74 Å². The molecule has 0 aromatic heterocycles. The van der Waals surface area contributed by atoms with Crippen LogP contribution in [0.2, 0.25) is 0 Å². The number of hydrogen-bond acceptors (Lipinski definition) is 2. The van der Waals surface area contributed by atoms with Gasteiger partial charge in [0, 0.05) is 31.1 Å². The van der Waals surface area contributed by atoms with Crippen LogP contribution in [0.15, 0.2) is 0 Å². The molecule has 2 atom stereocenters. The Labute approximate surface area is 120 Å². The van der Waals surface area contributed by atoms with Crippen LogP contribution < -0.4 is 0 Å². The molecule has 2 saturated heterocycles. The molecule has 0 aromatic carbocycles. The summed E-state index contributed by atoms with van der Waals surface area (Å²) in [4.78, 5) is 2.83. The highest BCUT2D eigenvalue weighted by molar-refractivity contribution is 9.09. The second-order valence-corrected chi connectivity index (χ2v) is 7.18. The summed E-state index contributed by atoms with van der Waals surface area (Å²) in [7, 11) is 0. The molecule has 2 unspecified atom stereocenters. The third kappa shape index (κ3) is 2.64. The van der Waals surface area contributed by atoms with Gasteiger partial charge in [0.05, 0.1) is 0 Å². The van der Waals surface area contributed by atoms with Gasteiger partial charge in [-0.15, -0.1) is 0 Å². The van der Waals surface area contributed by atoms with Gasteiger partial charge >= 0.3 is 0 Å². The summed E-state index contributed by atoms with van der Waals surface area (Å²) in [6, 6.07) is 0.914. The Morgan fingerprint density at radius 2 is 1.89 bits per heavy atom. The van der Waals surface area contributed by atoms with Gasteiger partial charge in [-0.1, -0.05) is 28.8 Å². The van der Waals surface area contributed by atoms with Crippen molar-refractivity contribution in [3.05, 3.63) is 0 Å². The highest BCUT2D eigenvalue weighted by Gasteiger charge is 2.40. The topological polar surface area (TPSA) is 12.5 Å². The normalized spacial score (nSPS) is 36.5. The molecule has 2 heterocycles. The molecule has 104 valence electrons. The Bertz CT molecular complexity index is 278. The zero-order valence-electron chi connectivity index (χ0n) is 11.4. The molecule has 1 aliphatic carbocycles. The SMILES string of the molecule is BrCC1(CN2CCC3CCCCC32)CCOCC1. The van der Waals surface area contributed by atoms with E-state index in [1.165, 1.54) is 58.0 Å². The molecule has 0 amide bonds. The van der Waals surface area contributed by atoms with Crippen molar-refractivity contribution in [1.82, 2.24) is 4.90 Å². The lowest BCUT2D eigenvalue weighted by Gasteiger charge is -2.42. The van der Waals surface area contributed by atoms with Crippen LogP contribution in [0.25, 0.3) is 0 Å². The molecule has 0 radical (unpaired) electrons. The van der Waals surface area contributed by atoms with Crippen molar-refractivity contribution in [1.29, 1.82) is 0 Å². The molecule has 0 spiro atoms. The third-order valence-electron chi connectivity index (χ3n) is 5.50. The fraction of sp³-hybridized carbons (Fsp3) is 1.00. The number of nitrogens with zero attached hydrogens (tertiary/aromatic N) is 1. The van der Waals surface area contributed by atoms with Gasteiger partial charge in [-0.05, 0) is 50.0 Å². The van der Waals surface area contributed by atoms with E-state index in [9.17, 15) is 0 Å². The van der Waals surface area contributed by atoms with Crippen molar-refractivity contribution in [2.75, 3.05) is 31.6 Å². The van der Waals surface area contributed by atoms with Crippen molar-refractivity contribution >= 4 is 15.9 Å². The van der Waals surface area contributed by atoms with Gasteiger partial charge in [-0.2, -0.15) is 0 Å². The first-order chi connectivity index (χ1) is 8.83. The molecule has 18 heavy (non-hydrogen) atoms. The van der Waals surface area contributed by atoms with Crippen molar-refractivity contribution in [2.45, 2.75) is 51.0 Å². The van der Waals surface area contributed by atoms with Crippen LogP contribution in [0.5, 0.6) is 0 Å². The van der Waals surface area contributed by atoms with Gasteiger partial charge in [0.15, 0.2) is 0 Å². The fourth-order valence-electron chi connectivity index (χ4n) is 4.27. The van der Waals surface area contributed by atoms with Crippen LogP contribution in [-0.4, -0.2) is 42.6 Å². The molecule has 2 aliphatic heterocycles. The zero-order chi connectivity index (χ0) is 12.4. The van der Waals surface area contributed by atoms with Gasteiger partial charge < -0.3 is 4.74 Å². The first-order valence-corrected chi connectivity index (χ1v) is 8.83. The number of fused-ring (bicyclic) bond motifs is 1. The molecule has 0 bridgehead atoms. The lowest BCUT2D eigenvalue weighted by atomic mass is 9.80. The number of rotatable bonds is 3. The zero-order valence-corrected chi connectivity index (χ0v) is 13.0. The van der Waals surface area contributed by atoms with E-state index in [1.54, 1.807) is 0 Å². The summed E-state index contributed by atoms with van der Waals surface area (Å²) in [5.41, 5.74) is 0.491. The predicted octanol–water partition coefficient (Wildman–Crippen LogP) is 3.44. The maximum absolute atomic E-state index is 5.56. The first-order valence-electron chi connectivity index (χ1n) is 7.71. The van der Waals surface area contributed by atoms with Gasteiger partial charge in [-0.25, -0.2) is 0 Å². The lowest BCUT2D eigenvalue weighted by Crippen LogP contribution is -2.46. The maximum Gasteiger partial charge on any atom is 0.0472 e. The molecular weight excluding hydrogens is 290 g/mol. The third-order valence-corrected chi connectivity index (χ3v) is 6.69. The Balaban J connectivity index is 1.64. The largest absolute Gasteiger partial charge is 0.381 e. The van der Waals surface area contributed by atoms with E-state index in [2.05, 4.69) is 20.8 Å². The molecule has 2 nitrogen and oxygen atoms in total. The summed E-state index contributed by atoms with van der Waals surface area (Å²) in [6.07, 6.45) is 9.83. The molecule has 0 aromatic rings. The Hall–Kier alpha value is 0.400. The Kier molecular flexibility index (Phi) is 4.32. The van der Waals surface area contributed by atoms with Gasteiger partial charge in [0.2, 0.25) is 0 Å². The van der Waals surface area contributed by atoms with Crippen molar-refractivity contribution in [3.63, 3.8) is 0 Å². The first kappa shape index (κ1) is 13.4. The molecule has 1 saturated carbocycles. The van der Waals surface area contributed by atoms with Gasteiger partial charge in [-0.3, -0.25) is 4.90 Å². The fourth-order valence-corrected chi connectivity index (χ4v) is 5.01. The summed E-state index contributed by atoms with van der Waals surface area (Å²) in [5, 5.41) is 1.15. The van der Waals surface area contributed by atoms with Crippen LogP contribution in [-0.2, 0) is 4.74 Å². The summed E-state index contributed by atoms with van der Waals surface area (Å²) in [5.74, 6) is 1.02. The van der Waals surface area contributed by atoms with E-state index in [0.717, 1.165) is 30.5 Å². The molecular formula is C15H26BrNO. The lowest BCUT2D eigenvalue weighted by molar-refractivity contribution is 0.00246. The average Bonchev–Trinajstić information content (AvgIpc) is 2.83. The molecule has 0 N–H and O–H groups in total. The van der Waals surface area contributed by atoms with E-state index in [4.69, 9.17) is 4.74 Å². The van der Waals surface area contributed by atoms with Crippen LogP contribution >= 0.6 is 15.9 Å². The Morgan fingerprint density at radius 3 is 2.67 bits per heavy atom. The number of hydrogen-bond donors (Lipinski definition) is 0. The second-order valence-electron chi connectivity index (χ2n) is 6.62. The highest BCUT2D eigenvalue weighted by Crippen LogP contribution is 2.40. The van der Waals surface area contributed by atoms with E-state index >= 15 is 0 Å².